The fourth-order valence-electron chi connectivity index (χ4n) is 2.61. The first-order valence-corrected chi connectivity index (χ1v) is 10.8. The Morgan fingerprint density at radius 1 is 0.914 bits per heavy atom. The molecule has 0 aliphatic rings. The molecular weight excluding hydrogens is 456 g/mol. The van der Waals surface area contributed by atoms with Gasteiger partial charge in [-0.15, -0.1) is 6.58 Å². The number of hydrogen-bond donors (Lipinski definition) is 0. The molecule has 0 heterocycles. The minimum Gasteiger partial charge on any atom is -0.465 e. The summed E-state index contributed by atoms with van der Waals surface area (Å²) in [5.41, 5.74) is 0.123. The Labute approximate surface area is 203 Å². The van der Waals surface area contributed by atoms with Gasteiger partial charge in [-0.25, -0.2) is 9.59 Å². The van der Waals surface area contributed by atoms with E-state index >= 15 is 0 Å². The average Bonchev–Trinajstić information content (AvgIpc) is 2.83. The highest BCUT2D eigenvalue weighted by Gasteiger charge is 2.25. The maximum absolute atomic E-state index is 12.3. The molecule has 0 amide bonds. The molecule has 2 aromatic rings. The van der Waals surface area contributed by atoms with Crippen LogP contribution in [0.15, 0.2) is 55.1 Å². The summed E-state index contributed by atoms with van der Waals surface area (Å²) in [5.74, 6) is -0.131. The van der Waals surface area contributed by atoms with Crippen LogP contribution in [0.5, 0.6) is 17.2 Å². The fraction of sp³-hybridized carbons (Fsp3) is 0.308. The van der Waals surface area contributed by atoms with Crippen LogP contribution in [0.3, 0.4) is 0 Å². The number of esters is 2. The molecule has 0 bridgehead atoms. The molecule has 0 saturated heterocycles. The first-order valence-electron chi connectivity index (χ1n) is 10.8. The lowest BCUT2D eigenvalue weighted by molar-refractivity contribution is -0.151. The van der Waals surface area contributed by atoms with E-state index in [2.05, 4.69) is 6.58 Å². The monoisotopic (exact) mass is 484 g/mol. The van der Waals surface area contributed by atoms with Crippen molar-refractivity contribution in [3.8, 4) is 17.2 Å². The lowest BCUT2D eigenvalue weighted by Gasteiger charge is -2.17. The van der Waals surface area contributed by atoms with E-state index < -0.39 is 17.5 Å². The van der Waals surface area contributed by atoms with Crippen molar-refractivity contribution in [3.05, 3.63) is 66.2 Å². The van der Waals surface area contributed by atoms with Crippen LogP contribution in [0, 0.1) is 12.3 Å². The zero-order valence-electron chi connectivity index (χ0n) is 19.9. The third-order valence-corrected chi connectivity index (χ3v) is 4.85. The summed E-state index contributed by atoms with van der Waals surface area (Å²) in [5, 5.41) is 0. The van der Waals surface area contributed by atoms with Crippen LogP contribution in [0.1, 0.15) is 42.6 Å². The molecule has 35 heavy (non-hydrogen) atoms. The standard InChI is InChI=1S/C26H28O9/c1-5-26(3,4)24(29)31-14-6-7-15-32-25(30)35-20-10-8-19(9-11-20)23(28)34-21-12-13-22(33-17-27)18(2)16-21/h5,8-13,16-17H,1,6-7,14-15H2,2-4H3. The first kappa shape index (κ1) is 27.1. The van der Waals surface area contributed by atoms with Crippen LogP contribution < -0.4 is 14.2 Å². The summed E-state index contributed by atoms with van der Waals surface area (Å²) < 4.78 is 25.3. The number of ether oxygens (including phenoxy) is 5. The van der Waals surface area contributed by atoms with E-state index in [1.165, 1.54) is 42.5 Å². The zero-order chi connectivity index (χ0) is 25.8. The number of hydrogen-bond acceptors (Lipinski definition) is 9. The van der Waals surface area contributed by atoms with Crippen LogP contribution in [0.2, 0.25) is 0 Å². The van der Waals surface area contributed by atoms with E-state index in [1.807, 2.05) is 0 Å². The summed E-state index contributed by atoms with van der Waals surface area (Å²) in [6, 6.07) is 10.3. The topological polar surface area (TPSA) is 114 Å². The predicted octanol–water partition coefficient (Wildman–Crippen LogP) is 4.80. The van der Waals surface area contributed by atoms with Gasteiger partial charge in [0.05, 0.1) is 24.2 Å². The van der Waals surface area contributed by atoms with Gasteiger partial charge in [0.15, 0.2) is 0 Å². The molecule has 0 atom stereocenters. The smallest absolute Gasteiger partial charge is 0.465 e. The van der Waals surface area contributed by atoms with Gasteiger partial charge in [0, 0.05) is 0 Å². The molecule has 0 aliphatic heterocycles. The normalized spacial score (nSPS) is 10.6. The number of benzene rings is 2. The number of rotatable bonds is 12. The highest BCUT2D eigenvalue weighted by molar-refractivity contribution is 5.91. The molecule has 0 aliphatic carbocycles. The van der Waals surface area contributed by atoms with Crippen LogP contribution >= 0.6 is 0 Å². The van der Waals surface area contributed by atoms with Crippen LogP contribution in [-0.4, -0.2) is 37.8 Å². The van der Waals surface area contributed by atoms with Crippen molar-refractivity contribution in [1.29, 1.82) is 0 Å². The maximum Gasteiger partial charge on any atom is 0.513 e. The van der Waals surface area contributed by atoms with Crippen LogP contribution in [0.25, 0.3) is 0 Å². The third kappa shape index (κ3) is 8.62. The van der Waals surface area contributed by atoms with Crippen molar-refractivity contribution in [2.75, 3.05) is 13.2 Å². The van der Waals surface area contributed by atoms with E-state index in [0.717, 1.165) is 0 Å². The Bertz CT molecular complexity index is 1050. The van der Waals surface area contributed by atoms with Crippen molar-refractivity contribution in [2.24, 2.45) is 5.41 Å². The van der Waals surface area contributed by atoms with Gasteiger partial charge in [0.2, 0.25) is 0 Å². The van der Waals surface area contributed by atoms with Gasteiger partial charge in [-0.05, 0) is 81.6 Å². The van der Waals surface area contributed by atoms with Crippen molar-refractivity contribution < 1.29 is 42.9 Å². The highest BCUT2D eigenvalue weighted by atomic mass is 16.7. The van der Waals surface area contributed by atoms with E-state index in [4.69, 9.17) is 23.7 Å². The molecule has 0 spiro atoms. The Hall–Kier alpha value is -4.14. The Kier molecular flexibility index (Phi) is 10.0. The van der Waals surface area contributed by atoms with Gasteiger partial charge in [-0.1, -0.05) is 6.08 Å². The van der Waals surface area contributed by atoms with Crippen molar-refractivity contribution >= 4 is 24.6 Å². The molecule has 0 saturated carbocycles. The van der Waals surface area contributed by atoms with Crippen molar-refractivity contribution in [2.45, 2.75) is 33.6 Å². The Morgan fingerprint density at radius 2 is 1.54 bits per heavy atom. The zero-order valence-corrected chi connectivity index (χ0v) is 19.9. The molecule has 0 radical (unpaired) electrons. The second kappa shape index (κ2) is 12.9. The summed E-state index contributed by atoms with van der Waals surface area (Å²) in [4.78, 5) is 46.4. The largest absolute Gasteiger partial charge is 0.513 e. The molecule has 0 unspecified atom stereocenters. The quantitative estimate of drug-likeness (QED) is 0.105. The molecule has 0 aromatic heterocycles. The van der Waals surface area contributed by atoms with Crippen molar-refractivity contribution in [3.63, 3.8) is 0 Å². The minimum absolute atomic E-state index is 0.0989. The van der Waals surface area contributed by atoms with Gasteiger partial charge >= 0.3 is 18.1 Å². The molecule has 0 fully saturated rings. The SMILES string of the molecule is C=CC(C)(C)C(=O)OCCCCOC(=O)Oc1ccc(C(=O)Oc2ccc(OC=O)c(C)c2)cc1. The van der Waals surface area contributed by atoms with Gasteiger partial charge < -0.3 is 23.7 Å². The van der Waals surface area contributed by atoms with Crippen LogP contribution in [-0.2, 0) is 19.1 Å². The first-order chi connectivity index (χ1) is 16.7. The summed E-state index contributed by atoms with van der Waals surface area (Å²) in [6.07, 6.45) is 1.65. The summed E-state index contributed by atoms with van der Waals surface area (Å²) in [7, 11) is 0. The summed E-state index contributed by atoms with van der Waals surface area (Å²) in [6.45, 7) is 9.36. The third-order valence-electron chi connectivity index (χ3n) is 4.85. The number of unbranched alkanes of at least 4 members (excludes halogenated alkanes) is 1. The molecule has 0 N–H and O–H groups in total. The van der Waals surface area contributed by atoms with Crippen molar-refractivity contribution in [1.82, 2.24) is 0 Å². The lowest BCUT2D eigenvalue weighted by atomic mass is 9.94. The fourth-order valence-corrected chi connectivity index (χ4v) is 2.61. The molecule has 186 valence electrons. The average molecular weight is 485 g/mol. The lowest BCUT2D eigenvalue weighted by Crippen LogP contribution is -2.24. The number of aryl methyl sites for hydroxylation is 1. The highest BCUT2D eigenvalue weighted by Crippen LogP contribution is 2.24. The summed E-state index contributed by atoms with van der Waals surface area (Å²) >= 11 is 0. The van der Waals surface area contributed by atoms with Gasteiger partial charge in [-0.2, -0.15) is 0 Å². The van der Waals surface area contributed by atoms with Gasteiger partial charge in [-0.3, -0.25) is 9.59 Å². The molecular formula is C26H28O9. The van der Waals surface area contributed by atoms with E-state index in [1.54, 1.807) is 26.8 Å². The molecule has 2 rings (SSSR count). The second-order valence-electron chi connectivity index (χ2n) is 8.02. The minimum atomic E-state index is -0.891. The second-order valence-corrected chi connectivity index (χ2v) is 8.02. The van der Waals surface area contributed by atoms with E-state index in [9.17, 15) is 19.2 Å². The molecule has 2 aromatic carbocycles. The van der Waals surface area contributed by atoms with E-state index in [0.29, 0.717) is 30.6 Å². The maximum atomic E-state index is 12.3. The Morgan fingerprint density at radius 3 is 2.14 bits per heavy atom. The number of carbonyl (C=O) groups excluding carboxylic acids is 4. The van der Waals surface area contributed by atoms with E-state index in [-0.39, 0.29) is 36.2 Å². The van der Waals surface area contributed by atoms with Crippen LogP contribution in [0.4, 0.5) is 4.79 Å². The number of carbonyl (C=O) groups is 4. The van der Waals surface area contributed by atoms with Gasteiger partial charge in [0.1, 0.15) is 17.2 Å². The molecule has 9 nitrogen and oxygen atoms in total. The Balaban J connectivity index is 1.73. The predicted molar refractivity (Wildman–Crippen MR) is 125 cm³/mol. The van der Waals surface area contributed by atoms with Gasteiger partial charge in [0.25, 0.3) is 6.47 Å². The molecule has 9 heteroatoms.